The van der Waals surface area contributed by atoms with Crippen molar-refractivity contribution in [3.63, 3.8) is 0 Å². The molecule has 0 bridgehead atoms. The second-order valence-corrected chi connectivity index (χ2v) is 5.51. The van der Waals surface area contributed by atoms with Crippen LogP contribution in [0.2, 0.25) is 0 Å². The summed E-state index contributed by atoms with van der Waals surface area (Å²) >= 11 is 0. The van der Waals surface area contributed by atoms with Gasteiger partial charge in [-0.25, -0.2) is 0 Å². The third kappa shape index (κ3) is 2.90. The quantitative estimate of drug-likeness (QED) is 0.815. The Labute approximate surface area is 118 Å². The molecule has 1 aliphatic heterocycles. The Bertz CT molecular complexity index is 613. The molecule has 0 saturated carbocycles. The number of aryl methyl sites for hydroxylation is 1. The van der Waals surface area contributed by atoms with Crippen LogP contribution in [0.5, 0.6) is 0 Å². The molecule has 5 nitrogen and oxygen atoms in total. The molecule has 20 heavy (non-hydrogen) atoms. The first kappa shape index (κ1) is 14.3. The zero-order chi connectivity index (χ0) is 14.7. The molecule has 1 aromatic heterocycles. The fourth-order valence-corrected chi connectivity index (χ4v) is 2.59. The maximum absolute atomic E-state index is 12.2. The molecule has 0 aliphatic carbocycles. The van der Waals surface area contributed by atoms with Crippen molar-refractivity contribution in [3.05, 3.63) is 33.7 Å². The number of nitrogens with zero attached hydrogens (tertiary/aromatic N) is 3. The van der Waals surface area contributed by atoms with E-state index in [9.17, 15) is 9.59 Å². The molecule has 1 atom stereocenters. The first-order valence-electron chi connectivity index (χ1n) is 6.91. The summed E-state index contributed by atoms with van der Waals surface area (Å²) in [7, 11) is 0. The van der Waals surface area contributed by atoms with Gasteiger partial charge in [0.2, 0.25) is 5.91 Å². The Balaban J connectivity index is 2.16. The minimum absolute atomic E-state index is 0.0144. The van der Waals surface area contributed by atoms with Crippen LogP contribution in [0, 0.1) is 24.2 Å². The molecular formula is C15H19N3O2. The summed E-state index contributed by atoms with van der Waals surface area (Å²) in [4.78, 5) is 26.1. The topological polar surface area (TPSA) is 66.1 Å². The highest BCUT2D eigenvalue weighted by molar-refractivity contribution is 5.76. The molecule has 1 aromatic rings. The van der Waals surface area contributed by atoms with Crippen molar-refractivity contribution in [2.75, 3.05) is 13.1 Å². The second-order valence-electron chi connectivity index (χ2n) is 5.51. The fourth-order valence-electron chi connectivity index (χ4n) is 2.59. The summed E-state index contributed by atoms with van der Waals surface area (Å²) in [5.41, 5.74) is 0.381. The zero-order valence-electron chi connectivity index (χ0n) is 11.9. The van der Waals surface area contributed by atoms with E-state index in [2.05, 4.69) is 6.92 Å². The average Bonchev–Trinajstić information content (AvgIpc) is 2.42. The van der Waals surface area contributed by atoms with E-state index in [0.29, 0.717) is 11.5 Å². The van der Waals surface area contributed by atoms with E-state index in [1.54, 1.807) is 19.2 Å². The summed E-state index contributed by atoms with van der Waals surface area (Å²) in [5.74, 6) is 0.462. The number of nitriles is 1. The molecule has 1 saturated heterocycles. The van der Waals surface area contributed by atoms with E-state index >= 15 is 0 Å². The summed E-state index contributed by atoms with van der Waals surface area (Å²) < 4.78 is 1.33. The number of aromatic nitrogens is 1. The lowest BCUT2D eigenvalue weighted by Gasteiger charge is -2.31. The second kappa shape index (κ2) is 5.91. The van der Waals surface area contributed by atoms with Crippen molar-refractivity contribution in [1.29, 1.82) is 5.26 Å². The van der Waals surface area contributed by atoms with Crippen LogP contribution in [0.25, 0.3) is 0 Å². The van der Waals surface area contributed by atoms with E-state index < -0.39 is 0 Å². The van der Waals surface area contributed by atoms with Gasteiger partial charge in [-0.3, -0.25) is 9.59 Å². The normalized spacial score (nSPS) is 18.6. The molecule has 5 heteroatoms. The van der Waals surface area contributed by atoms with Crippen LogP contribution in [0.3, 0.4) is 0 Å². The van der Waals surface area contributed by atoms with Crippen molar-refractivity contribution in [2.24, 2.45) is 5.92 Å². The number of pyridine rings is 1. The highest BCUT2D eigenvalue weighted by Gasteiger charge is 2.21. The molecule has 106 valence electrons. The summed E-state index contributed by atoms with van der Waals surface area (Å²) in [5, 5.41) is 8.98. The largest absolute Gasteiger partial charge is 0.341 e. The molecule has 0 spiro atoms. The summed E-state index contributed by atoms with van der Waals surface area (Å²) in [6.07, 6.45) is 3.75. The van der Waals surface area contributed by atoms with Crippen LogP contribution in [-0.4, -0.2) is 28.5 Å². The van der Waals surface area contributed by atoms with Crippen molar-refractivity contribution in [2.45, 2.75) is 33.2 Å². The predicted molar refractivity (Wildman–Crippen MR) is 75.1 cm³/mol. The minimum atomic E-state index is -0.383. The van der Waals surface area contributed by atoms with Gasteiger partial charge in [-0.1, -0.05) is 6.92 Å². The average molecular weight is 273 g/mol. The molecule has 2 rings (SSSR count). The number of likely N-dealkylation sites (tertiary alicyclic amines) is 1. The van der Waals surface area contributed by atoms with Crippen LogP contribution in [0.1, 0.15) is 30.9 Å². The van der Waals surface area contributed by atoms with Gasteiger partial charge in [-0.2, -0.15) is 5.26 Å². The SMILES string of the molecule is Cc1ccn(CC(=O)N2CCCC(C)C2)c(=O)c1C#N. The van der Waals surface area contributed by atoms with Crippen LogP contribution in [0.15, 0.2) is 17.1 Å². The molecule has 0 N–H and O–H groups in total. The first-order valence-corrected chi connectivity index (χ1v) is 6.91. The molecule has 0 aromatic carbocycles. The maximum atomic E-state index is 12.2. The van der Waals surface area contributed by atoms with Gasteiger partial charge in [-0.15, -0.1) is 0 Å². The molecule has 1 aliphatic rings. The Morgan fingerprint density at radius 3 is 2.95 bits per heavy atom. The predicted octanol–water partition coefficient (Wildman–Crippen LogP) is 1.29. The highest BCUT2D eigenvalue weighted by Crippen LogP contribution is 2.15. The Hall–Kier alpha value is -2.09. The molecule has 1 unspecified atom stereocenters. The molecular weight excluding hydrogens is 254 g/mol. The van der Waals surface area contributed by atoms with Crippen LogP contribution >= 0.6 is 0 Å². The van der Waals surface area contributed by atoms with Gasteiger partial charge in [0.1, 0.15) is 18.2 Å². The number of rotatable bonds is 2. The van der Waals surface area contributed by atoms with E-state index in [1.807, 2.05) is 11.0 Å². The van der Waals surface area contributed by atoms with E-state index in [0.717, 1.165) is 25.9 Å². The van der Waals surface area contributed by atoms with Gasteiger partial charge in [0, 0.05) is 19.3 Å². The van der Waals surface area contributed by atoms with Crippen LogP contribution in [-0.2, 0) is 11.3 Å². The molecule has 1 amide bonds. The molecule has 0 radical (unpaired) electrons. The number of amides is 1. The monoisotopic (exact) mass is 273 g/mol. The smallest absolute Gasteiger partial charge is 0.269 e. The van der Waals surface area contributed by atoms with Gasteiger partial charge in [-0.05, 0) is 37.3 Å². The lowest BCUT2D eigenvalue weighted by atomic mass is 10.0. The van der Waals surface area contributed by atoms with Gasteiger partial charge >= 0.3 is 0 Å². The standard InChI is InChI=1S/C15H19N3O2/c1-11-4-3-6-17(9-11)14(19)10-18-7-5-12(2)13(8-16)15(18)20/h5,7,11H,3-4,6,9-10H2,1-2H3. The van der Waals surface area contributed by atoms with Gasteiger partial charge in [0.25, 0.3) is 5.56 Å². The summed E-state index contributed by atoms with van der Waals surface area (Å²) in [6, 6.07) is 3.61. The van der Waals surface area contributed by atoms with E-state index in [4.69, 9.17) is 5.26 Å². The first-order chi connectivity index (χ1) is 9.52. The van der Waals surface area contributed by atoms with Crippen LogP contribution < -0.4 is 5.56 Å². The molecule has 1 fully saturated rings. The Morgan fingerprint density at radius 1 is 1.55 bits per heavy atom. The fraction of sp³-hybridized carbons (Fsp3) is 0.533. The lowest BCUT2D eigenvalue weighted by molar-refractivity contribution is -0.133. The van der Waals surface area contributed by atoms with Gasteiger partial charge in [0.15, 0.2) is 0 Å². The Kier molecular flexibility index (Phi) is 4.23. The third-order valence-corrected chi connectivity index (χ3v) is 3.80. The van der Waals surface area contributed by atoms with E-state index in [-0.39, 0.29) is 23.6 Å². The number of hydrogen-bond acceptors (Lipinski definition) is 3. The van der Waals surface area contributed by atoms with Crippen molar-refractivity contribution < 1.29 is 4.79 Å². The van der Waals surface area contributed by atoms with Gasteiger partial charge in [0.05, 0.1) is 0 Å². The zero-order valence-corrected chi connectivity index (χ0v) is 11.9. The maximum Gasteiger partial charge on any atom is 0.269 e. The van der Waals surface area contributed by atoms with Crippen molar-refractivity contribution in [1.82, 2.24) is 9.47 Å². The number of piperidine rings is 1. The number of carbonyl (C=O) groups is 1. The lowest BCUT2D eigenvalue weighted by Crippen LogP contribution is -2.42. The summed E-state index contributed by atoms with van der Waals surface area (Å²) in [6.45, 7) is 5.38. The highest BCUT2D eigenvalue weighted by atomic mass is 16.2. The number of carbonyl (C=O) groups excluding carboxylic acids is 1. The minimum Gasteiger partial charge on any atom is -0.341 e. The Morgan fingerprint density at radius 2 is 2.30 bits per heavy atom. The third-order valence-electron chi connectivity index (χ3n) is 3.80. The van der Waals surface area contributed by atoms with Crippen LogP contribution in [0.4, 0.5) is 0 Å². The van der Waals surface area contributed by atoms with Gasteiger partial charge < -0.3 is 9.47 Å². The van der Waals surface area contributed by atoms with Crippen molar-refractivity contribution in [3.8, 4) is 6.07 Å². The van der Waals surface area contributed by atoms with E-state index in [1.165, 1.54) is 4.57 Å². The molecule has 2 heterocycles. The van der Waals surface area contributed by atoms with Crippen molar-refractivity contribution >= 4 is 5.91 Å². The number of hydrogen-bond donors (Lipinski definition) is 0.